The van der Waals surface area contributed by atoms with Gasteiger partial charge in [0.05, 0.1) is 16.3 Å². The lowest BCUT2D eigenvalue weighted by atomic mass is 9.68. The first-order valence-electron chi connectivity index (χ1n) is 12.8. The quantitative estimate of drug-likeness (QED) is 0.385. The summed E-state index contributed by atoms with van der Waals surface area (Å²) >= 11 is 13.6. The van der Waals surface area contributed by atoms with Crippen molar-refractivity contribution >= 4 is 29.0 Å². The van der Waals surface area contributed by atoms with Gasteiger partial charge in [0, 0.05) is 30.6 Å². The second-order valence-corrected chi connectivity index (χ2v) is 11.1. The first-order chi connectivity index (χ1) is 17.8. The van der Waals surface area contributed by atoms with Gasteiger partial charge in [-0.25, -0.2) is 9.97 Å². The van der Waals surface area contributed by atoms with Gasteiger partial charge in [0.2, 0.25) is 0 Å². The number of aliphatic hydroxyl groups excluding tert-OH is 1. The molecule has 8 nitrogen and oxygen atoms in total. The third-order valence-electron chi connectivity index (χ3n) is 7.43. The molecule has 1 atom stereocenters. The molecule has 1 aliphatic carbocycles. The molecule has 10 heteroatoms. The maximum absolute atomic E-state index is 10.0. The molecule has 0 unspecified atom stereocenters. The highest BCUT2D eigenvalue weighted by Crippen LogP contribution is 2.48. The van der Waals surface area contributed by atoms with Gasteiger partial charge in [-0.05, 0) is 51.9 Å². The topological polar surface area (TPSA) is 96.5 Å². The van der Waals surface area contributed by atoms with Gasteiger partial charge in [0.15, 0.2) is 11.6 Å². The zero-order valence-corrected chi connectivity index (χ0v) is 23.0. The summed E-state index contributed by atoms with van der Waals surface area (Å²) in [6.45, 7) is 6.18. The lowest BCUT2D eigenvalue weighted by molar-refractivity contribution is 0.108. The molecule has 0 bridgehead atoms. The Balaban J connectivity index is 1.54. The van der Waals surface area contributed by atoms with Crippen molar-refractivity contribution in [2.45, 2.75) is 52.1 Å². The Labute approximate surface area is 227 Å². The van der Waals surface area contributed by atoms with Crippen LogP contribution in [0.2, 0.25) is 10.0 Å². The molecule has 2 fully saturated rings. The Morgan fingerprint density at radius 1 is 1.16 bits per heavy atom. The van der Waals surface area contributed by atoms with Crippen molar-refractivity contribution in [1.82, 2.24) is 20.4 Å². The molecule has 198 valence electrons. The van der Waals surface area contributed by atoms with Crippen LogP contribution < -0.4 is 15.0 Å². The van der Waals surface area contributed by atoms with E-state index in [1.807, 2.05) is 13.8 Å². The maximum atomic E-state index is 10.0. The van der Waals surface area contributed by atoms with Crippen molar-refractivity contribution < 1.29 is 14.4 Å². The molecule has 1 saturated carbocycles. The van der Waals surface area contributed by atoms with E-state index in [1.165, 1.54) is 32.1 Å². The normalized spacial score (nSPS) is 17.6. The predicted octanol–water partition coefficient (Wildman–Crippen LogP) is 5.45. The first kappa shape index (κ1) is 26.2. The van der Waals surface area contributed by atoms with Crippen molar-refractivity contribution in [2.24, 2.45) is 5.41 Å². The van der Waals surface area contributed by atoms with E-state index in [4.69, 9.17) is 42.4 Å². The molecule has 1 aromatic carbocycles. The standard InChI is InChI=1S/C27H33Cl2N5O3/c1-16-22(17(2)37-33-16)24-23(29)26(34-14-27(15-34)9-5-4-6-10-27)32-25(31-24)20-11-19(7-8-21(20)28)36-13-18(35)12-30-3/h7-8,11,18,30,35H,4-6,9-10,12-15H2,1-3H3/t18-/m1/s1. The predicted molar refractivity (Wildman–Crippen MR) is 146 cm³/mol. The van der Waals surface area contributed by atoms with E-state index in [-0.39, 0.29) is 6.61 Å². The average Bonchev–Trinajstić information content (AvgIpc) is 3.20. The fourth-order valence-corrected chi connectivity index (χ4v) is 6.04. The third kappa shape index (κ3) is 5.30. The summed E-state index contributed by atoms with van der Waals surface area (Å²) < 4.78 is 11.3. The first-order valence-corrected chi connectivity index (χ1v) is 13.6. The molecule has 3 aromatic rings. The van der Waals surface area contributed by atoms with E-state index in [0.717, 1.165) is 18.7 Å². The molecular formula is C27H33Cl2N5O3. The van der Waals surface area contributed by atoms with E-state index in [9.17, 15) is 5.11 Å². The van der Waals surface area contributed by atoms with Crippen molar-refractivity contribution in [3.8, 4) is 28.4 Å². The molecule has 3 heterocycles. The van der Waals surface area contributed by atoms with Crippen molar-refractivity contribution in [3.05, 3.63) is 39.7 Å². The van der Waals surface area contributed by atoms with Crippen LogP contribution in [0.3, 0.4) is 0 Å². The van der Waals surface area contributed by atoms with Gasteiger partial charge in [0.1, 0.15) is 34.9 Å². The number of halogens is 2. The number of aliphatic hydroxyl groups is 1. The van der Waals surface area contributed by atoms with Crippen molar-refractivity contribution in [2.75, 3.05) is 38.2 Å². The second kappa shape index (κ2) is 10.8. The lowest BCUT2D eigenvalue weighted by Crippen LogP contribution is -2.57. The number of nitrogens with one attached hydrogen (secondary N) is 1. The van der Waals surface area contributed by atoms with Crippen LogP contribution in [-0.2, 0) is 0 Å². The molecule has 2 aromatic heterocycles. The summed E-state index contributed by atoms with van der Waals surface area (Å²) in [5, 5.41) is 18.1. The Bertz CT molecular complexity index is 1250. The molecule has 1 spiro atoms. The van der Waals surface area contributed by atoms with Crippen LogP contribution in [-0.4, -0.2) is 59.6 Å². The van der Waals surface area contributed by atoms with Crippen LogP contribution in [0, 0.1) is 19.3 Å². The van der Waals surface area contributed by atoms with E-state index in [2.05, 4.69) is 15.4 Å². The zero-order chi connectivity index (χ0) is 26.2. The van der Waals surface area contributed by atoms with E-state index in [0.29, 0.717) is 62.1 Å². The molecule has 2 N–H and O–H groups in total. The number of aryl methyl sites for hydroxylation is 2. The monoisotopic (exact) mass is 545 g/mol. The Kier molecular flexibility index (Phi) is 7.63. The van der Waals surface area contributed by atoms with Crippen LogP contribution in [0.4, 0.5) is 5.82 Å². The molecular weight excluding hydrogens is 513 g/mol. The Morgan fingerprint density at radius 3 is 2.59 bits per heavy atom. The van der Waals surface area contributed by atoms with Crippen LogP contribution in [0.15, 0.2) is 22.7 Å². The minimum atomic E-state index is -0.632. The Hall–Kier alpha value is -2.39. The van der Waals surface area contributed by atoms with Crippen molar-refractivity contribution in [3.63, 3.8) is 0 Å². The number of rotatable bonds is 8. The molecule has 0 radical (unpaired) electrons. The van der Waals surface area contributed by atoms with E-state index >= 15 is 0 Å². The van der Waals surface area contributed by atoms with Crippen molar-refractivity contribution in [1.29, 1.82) is 0 Å². The number of hydrogen-bond donors (Lipinski definition) is 2. The molecule has 0 amide bonds. The number of benzene rings is 1. The summed E-state index contributed by atoms with van der Waals surface area (Å²) in [6.07, 6.45) is 5.76. The van der Waals surface area contributed by atoms with Crippen LogP contribution >= 0.6 is 23.2 Å². The minimum absolute atomic E-state index is 0.148. The summed E-state index contributed by atoms with van der Waals surface area (Å²) in [6, 6.07) is 5.33. The zero-order valence-electron chi connectivity index (χ0n) is 21.5. The number of likely N-dealkylation sites (N-methyl/N-ethyl adjacent to an activating group) is 1. The molecule has 1 aliphatic heterocycles. The lowest BCUT2D eigenvalue weighted by Gasteiger charge is -2.53. The number of ether oxygens (including phenoxy) is 1. The van der Waals surface area contributed by atoms with E-state index < -0.39 is 6.10 Å². The van der Waals surface area contributed by atoms with Crippen LogP contribution in [0.5, 0.6) is 5.75 Å². The summed E-state index contributed by atoms with van der Waals surface area (Å²) in [5.74, 6) is 2.36. The van der Waals surface area contributed by atoms with Gasteiger partial charge in [-0.2, -0.15) is 0 Å². The third-order valence-corrected chi connectivity index (χ3v) is 8.11. The summed E-state index contributed by atoms with van der Waals surface area (Å²) in [4.78, 5) is 12.1. The number of anilines is 1. The summed E-state index contributed by atoms with van der Waals surface area (Å²) in [5.41, 5.74) is 3.04. The highest BCUT2D eigenvalue weighted by atomic mass is 35.5. The van der Waals surface area contributed by atoms with E-state index in [1.54, 1.807) is 25.2 Å². The molecule has 5 rings (SSSR count). The van der Waals surface area contributed by atoms with Crippen LogP contribution in [0.1, 0.15) is 43.6 Å². The number of hydrogen-bond acceptors (Lipinski definition) is 8. The van der Waals surface area contributed by atoms with Gasteiger partial charge < -0.3 is 24.6 Å². The maximum Gasteiger partial charge on any atom is 0.163 e. The minimum Gasteiger partial charge on any atom is -0.491 e. The average molecular weight is 546 g/mol. The fourth-order valence-electron chi connectivity index (χ4n) is 5.54. The fraction of sp³-hybridized carbons (Fsp3) is 0.519. The Morgan fingerprint density at radius 2 is 1.92 bits per heavy atom. The highest BCUT2D eigenvalue weighted by Gasteiger charge is 2.45. The second-order valence-electron chi connectivity index (χ2n) is 10.3. The number of nitrogens with zero attached hydrogens (tertiary/aromatic N) is 4. The van der Waals surface area contributed by atoms with Gasteiger partial charge in [-0.1, -0.05) is 47.6 Å². The molecule has 37 heavy (non-hydrogen) atoms. The van der Waals surface area contributed by atoms with Gasteiger partial charge >= 0.3 is 0 Å². The molecule has 2 aliphatic rings. The molecule has 1 saturated heterocycles. The van der Waals surface area contributed by atoms with Gasteiger partial charge in [-0.15, -0.1) is 0 Å². The SMILES string of the molecule is CNC[C@@H](O)COc1ccc(Cl)c(-c2nc(-c3c(C)noc3C)c(Cl)c(N3CC4(CCCCC4)C3)n2)c1. The van der Waals surface area contributed by atoms with Gasteiger partial charge in [0.25, 0.3) is 0 Å². The number of aromatic nitrogens is 3. The van der Waals surface area contributed by atoms with Gasteiger partial charge in [-0.3, -0.25) is 0 Å². The smallest absolute Gasteiger partial charge is 0.163 e. The van der Waals surface area contributed by atoms with Crippen LogP contribution in [0.25, 0.3) is 22.6 Å². The highest BCUT2D eigenvalue weighted by molar-refractivity contribution is 6.36. The summed E-state index contributed by atoms with van der Waals surface area (Å²) in [7, 11) is 1.78. The largest absolute Gasteiger partial charge is 0.491 e.